The summed E-state index contributed by atoms with van der Waals surface area (Å²) >= 11 is 11.6. The number of aryl methyl sites for hydroxylation is 3. The summed E-state index contributed by atoms with van der Waals surface area (Å²) in [6, 6.07) is 12.6. The lowest BCUT2D eigenvalue weighted by Gasteiger charge is -2.14. The smallest absolute Gasteiger partial charge is 0.171 e. The van der Waals surface area contributed by atoms with Crippen LogP contribution in [0.2, 0.25) is 5.02 Å². The third kappa shape index (κ3) is 5.50. The minimum atomic E-state index is 0.621. The van der Waals surface area contributed by atoms with E-state index >= 15 is 0 Å². The fraction of sp³-hybridized carbons (Fsp3) is 0.350. The highest BCUT2D eigenvalue weighted by Gasteiger charge is 2.04. The Hall–Kier alpha value is -1.58. The first-order valence-corrected chi connectivity index (χ1v) is 9.17. The van der Waals surface area contributed by atoms with Crippen LogP contribution in [0.3, 0.4) is 0 Å². The highest BCUT2D eigenvalue weighted by Crippen LogP contribution is 2.19. The van der Waals surface area contributed by atoms with Crippen LogP contribution in [0, 0.1) is 13.8 Å². The first-order chi connectivity index (χ1) is 11.5. The molecule has 0 aliphatic rings. The maximum absolute atomic E-state index is 6.15. The number of benzene rings is 2. The summed E-state index contributed by atoms with van der Waals surface area (Å²) in [6.45, 7) is 6.98. The van der Waals surface area contributed by atoms with Crippen LogP contribution in [-0.2, 0) is 13.0 Å². The van der Waals surface area contributed by atoms with Gasteiger partial charge in [0, 0.05) is 17.3 Å². The zero-order valence-electron chi connectivity index (χ0n) is 14.6. The number of hydrogen-bond acceptors (Lipinski definition) is 1. The van der Waals surface area contributed by atoms with Gasteiger partial charge in [0.2, 0.25) is 0 Å². The summed E-state index contributed by atoms with van der Waals surface area (Å²) in [5.74, 6) is 0. The van der Waals surface area contributed by atoms with Crippen molar-refractivity contribution in [2.24, 2.45) is 0 Å². The molecule has 2 aromatic rings. The zero-order valence-corrected chi connectivity index (χ0v) is 16.2. The van der Waals surface area contributed by atoms with Crippen molar-refractivity contribution in [1.82, 2.24) is 5.32 Å². The van der Waals surface area contributed by atoms with Crippen LogP contribution in [0.25, 0.3) is 0 Å². The van der Waals surface area contributed by atoms with Crippen LogP contribution in [0.4, 0.5) is 5.69 Å². The van der Waals surface area contributed by atoms with Crippen molar-refractivity contribution >= 4 is 34.6 Å². The maximum atomic E-state index is 6.15. The van der Waals surface area contributed by atoms with Gasteiger partial charge in [-0.15, -0.1) is 0 Å². The molecule has 0 heterocycles. The van der Waals surface area contributed by atoms with E-state index in [1.807, 2.05) is 19.1 Å². The Morgan fingerprint density at radius 2 is 1.79 bits per heavy atom. The van der Waals surface area contributed by atoms with Crippen LogP contribution >= 0.6 is 23.8 Å². The number of halogens is 1. The Balaban J connectivity index is 1.90. The van der Waals surface area contributed by atoms with Gasteiger partial charge in [-0.05, 0) is 73.3 Å². The summed E-state index contributed by atoms with van der Waals surface area (Å²) in [6.07, 6.45) is 3.58. The fourth-order valence-electron chi connectivity index (χ4n) is 2.50. The molecular formula is C20H25ClN2S. The molecule has 0 aliphatic heterocycles. The quantitative estimate of drug-likeness (QED) is 0.638. The fourth-order valence-corrected chi connectivity index (χ4v) is 2.88. The van der Waals surface area contributed by atoms with Crippen LogP contribution in [0.5, 0.6) is 0 Å². The number of anilines is 1. The third-order valence-corrected chi connectivity index (χ3v) is 4.70. The van der Waals surface area contributed by atoms with Gasteiger partial charge < -0.3 is 10.6 Å². The first-order valence-electron chi connectivity index (χ1n) is 8.39. The van der Waals surface area contributed by atoms with Crippen molar-refractivity contribution < 1.29 is 0 Å². The molecular weight excluding hydrogens is 336 g/mol. The van der Waals surface area contributed by atoms with Crippen molar-refractivity contribution in [2.45, 2.75) is 46.6 Å². The molecule has 0 fully saturated rings. The predicted molar refractivity (Wildman–Crippen MR) is 109 cm³/mol. The predicted octanol–water partition coefficient (Wildman–Crippen LogP) is 5.79. The van der Waals surface area contributed by atoms with Gasteiger partial charge in [0.05, 0.1) is 0 Å². The van der Waals surface area contributed by atoms with Gasteiger partial charge in [0.15, 0.2) is 5.11 Å². The van der Waals surface area contributed by atoms with Crippen molar-refractivity contribution in [1.29, 1.82) is 0 Å². The number of hydrogen-bond donors (Lipinski definition) is 2. The molecule has 4 heteroatoms. The molecule has 2 nitrogen and oxygen atoms in total. The average molecular weight is 361 g/mol. The molecule has 0 amide bonds. The van der Waals surface area contributed by atoms with E-state index < -0.39 is 0 Å². The Morgan fingerprint density at radius 1 is 1.04 bits per heavy atom. The van der Waals surface area contributed by atoms with Crippen molar-refractivity contribution in [2.75, 3.05) is 5.32 Å². The van der Waals surface area contributed by atoms with Gasteiger partial charge in [-0.2, -0.15) is 0 Å². The standard InChI is InChI=1S/C20H25ClN2S/c1-4-5-6-16-9-10-19(15(3)11-16)23-20(24)22-13-17-8-7-14(2)18(21)12-17/h7-12H,4-6,13H2,1-3H3,(H2,22,23,24). The Bertz CT molecular complexity index is 713. The molecule has 0 aromatic heterocycles. The maximum Gasteiger partial charge on any atom is 0.171 e. The lowest BCUT2D eigenvalue weighted by molar-refractivity contribution is 0.794. The van der Waals surface area contributed by atoms with Crippen molar-refractivity contribution in [3.63, 3.8) is 0 Å². The lowest BCUT2D eigenvalue weighted by Crippen LogP contribution is -2.28. The molecule has 0 bridgehead atoms. The van der Waals surface area contributed by atoms with Crippen molar-refractivity contribution in [3.05, 3.63) is 63.7 Å². The van der Waals surface area contributed by atoms with E-state index in [0.717, 1.165) is 28.3 Å². The van der Waals surface area contributed by atoms with Gasteiger partial charge >= 0.3 is 0 Å². The Kier molecular flexibility index (Phi) is 7.07. The van der Waals surface area contributed by atoms with E-state index in [4.69, 9.17) is 23.8 Å². The second-order valence-electron chi connectivity index (χ2n) is 6.14. The normalized spacial score (nSPS) is 10.5. The van der Waals surface area contributed by atoms with E-state index in [1.54, 1.807) is 0 Å². The van der Waals surface area contributed by atoms with E-state index in [-0.39, 0.29) is 0 Å². The molecule has 2 N–H and O–H groups in total. The number of nitrogens with one attached hydrogen (secondary N) is 2. The van der Waals surface area contributed by atoms with E-state index in [0.29, 0.717) is 11.7 Å². The summed E-state index contributed by atoms with van der Waals surface area (Å²) in [4.78, 5) is 0. The summed E-state index contributed by atoms with van der Waals surface area (Å²) in [5.41, 5.74) is 5.84. The molecule has 0 saturated heterocycles. The monoisotopic (exact) mass is 360 g/mol. The molecule has 0 aliphatic carbocycles. The summed E-state index contributed by atoms with van der Waals surface area (Å²) in [5, 5.41) is 7.91. The first kappa shape index (κ1) is 18.8. The molecule has 0 atom stereocenters. The van der Waals surface area contributed by atoms with E-state index in [9.17, 15) is 0 Å². The Labute approximate surface area is 155 Å². The van der Waals surface area contributed by atoms with Gasteiger partial charge in [-0.25, -0.2) is 0 Å². The minimum Gasteiger partial charge on any atom is -0.358 e. The molecule has 2 rings (SSSR count). The van der Waals surface area contributed by atoms with Crippen LogP contribution in [0.1, 0.15) is 42.0 Å². The largest absolute Gasteiger partial charge is 0.358 e. The van der Waals surface area contributed by atoms with Gasteiger partial charge in [-0.3, -0.25) is 0 Å². The highest BCUT2D eigenvalue weighted by atomic mass is 35.5. The number of rotatable bonds is 6. The van der Waals surface area contributed by atoms with Gasteiger partial charge in [0.1, 0.15) is 0 Å². The molecule has 2 aromatic carbocycles. The third-order valence-electron chi connectivity index (χ3n) is 4.05. The highest BCUT2D eigenvalue weighted by molar-refractivity contribution is 7.80. The Morgan fingerprint density at radius 3 is 2.46 bits per heavy atom. The lowest BCUT2D eigenvalue weighted by atomic mass is 10.0. The van der Waals surface area contributed by atoms with Crippen molar-refractivity contribution in [3.8, 4) is 0 Å². The van der Waals surface area contributed by atoms with Crippen LogP contribution in [-0.4, -0.2) is 5.11 Å². The van der Waals surface area contributed by atoms with Crippen LogP contribution < -0.4 is 10.6 Å². The average Bonchev–Trinajstić information content (AvgIpc) is 2.56. The number of thiocarbonyl (C=S) groups is 1. The summed E-state index contributed by atoms with van der Waals surface area (Å²) < 4.78 is 0. The molecule has 0 spiro atoms. The minimum absolute atomic E-state index is 0.621. The van der Waals surface area contributed by atoms with Crippen LogP contribution in [0.15, 0.2) is 36.4 Å². The molecule has 0 radical (unpaired) electrons. The van der Waals surface area contributed by atoms with E-state index in [1.165, 1.54) is 24.0 Å². The van der Waals surface area contributed by atoms with E-state index in [2.05, 4.69) is 48.7 Å². The van der Waals surface area contributed by atoms with Gasteiger partial charge in [0.25, 0.3) is 0 Å². The topological polar surface area (TPSA) is 24.1 Å². The second kappa shape index (κ2) is 9.05. The molecule has 128 valence electrons. The molecule has 24 heavy (non-hydrogen) atoms. The number of unbranched alkanes of at least 4 members (excludes halogenated alkanes) is 1. The van der Waals surface area contributed by atoms with Gasteiger partial charge in [-0.1, -0.05) is 49.2 Å². The molecule has 0 saturated carbocycles. The molecule has 0 unspecified atom stereocenters. The zero-order chi connectivity index (χ0) is 17.5. The SMILES string of the molecule is CCCCc1ccc(NC(=S)NCc2ccc(C)c(Cl)c2)c(C)c1. The second-order valence-corrected chi connectivity index (χ2v) is 6.96. The summed E-state index contributed by atoms with van der Waals surface area (Å²) in [7, 11) is 0.